The first-order chi connectivity index (χ1) is 15.2. The maximum absolute atomic E-state index is 13.8. The lowest BCUT2D eigenvalue weighted by Gasteiger charge is -2.32. The van der Waals surface area contributed by atoms with E-state index in [4.69, 9.17) is 4.74 Å². The van der Waals surface area contributed by atoms with Crippen molar-refractivity contribution in [2.45, 2.75) is 18.3 Å². The minimum atomic E-state index is -4.98. The minimum absolute atomic E-state index is 0.0409. The van der Waals surface area contributed by atoms with E-state index >= 15 is 0 Å². The van der Waals surface area contributed by atoms with Crippen molar-refractivity contribution in [3.05, 3.63) is 71.4 Å². The van der Waals surface area contributed by atoms with Gasteiger partial charge in [-0.05, 0) is 48.0 Å². The summed E-state index contributed by atoms with van der Waals surface area (Å²) in [6, 6.07) is 12.3. The second kappa shape index (κ2) is 8.36. The van der Waals surface area contributed by atoms with E-state index in [1.165, 1.54) is 42.8 Å². The van der Waals surface area contributed by atoms with Crippen LogP contribution in [0.2, 0.25) is 0 Å². The van der Waals surface area contributed by atoms with Gasteiger partial charge in [-0.1, -0.05) is 18.2 Å². The van der Waals surface area contributed by atoms with Crippen LogP contribution in [-0.4, -0.2) is 34.8 Å². The van der Waals surface area contributed by atoms with Gasteiger partial charge in [0.1, 0.15) is 11.6 Å². The number of ether oxygens (including phenoxy) is 1. The third kappa shape index (κ3) is 4.23. The molecule has 1 atom stereocenters. The molecule has 10 heteroatoms. The van der Waals surface area contributed by atoms with Gasteiger partial charge in [0, 0.05) is 10.9 Å². The van der Waals surface area contributed by atoms with Crippen LogP contribution in [-0.2, 0) is 0 Å². The van der Waals surface area contributed by atoms with Crippen LogP contribution < -0.4 is 9.75 Å². The van der Waals surface area contributed by atoms with Gasteiger partial charge in [-0.25, -0.2) is 9.37 Å². The maximum atomic E-state index is 13.8. The van der Waals surface area contributed by atoms with E-state index in [0.717, 1.165) is 16.9 Å². The van der Waals surface area contributed by atoms with Gasteiger partial charge >= 0.3 is 6.18 Å². The topological polar surface area (TPSA) is 58.0 Å². The number of nitrogens with zero attached hydrogens (tertiary/aromatic N) is 3. The lowest BCUT2D eigenvalue weighted by atomic mass is 10.1. The van der Waals surface area contributed by atoms with Gasteiger partial charge < -0.3 is 9.84 Å². The van der Waals surface area contributed by atoms with E-state index in [1.807, 2.05) is 0 Å². The average molecular weight is 463 g/mol. The number of thiazole rings is 1. The van der Waals surface area contributed by atoms with Gasteiger partial charge in [0.05, 0.1) is 24.9 Å². The first-order valence-corrected chi connectivity index (χ1v) is 10.3. The number of aliphatic hydroxyl groups is 1. The Morgan fingerprint density at radius 3 is 2.41 bits per heavy atom. The summed E-state index contributed by atoms with van der Waals surface area (Å²) in [4.78, 5) is 4.19. The molecule has 1 N–H and O–H groups in total. The first-order valence-electron chi connectivity index (χ1n) is 9.40. The third-order valence-corrected chi connectivity index (χ3v) is 5.67. The van der Waals surface area contributed by atoms with Crippen molar-refractivity contribution < 1.29 is 27.4 Å². The van der Waals surface area contributed by atoms with Crippen LogP contribution in [0, 0.1) is 5.82 Å². The highest BCUT2D eigenvalue weighted by atomic mass is 32.1. The summed E-state index contributed by atoms with van der Waals surface area (Å²) >= 11 is 0.901. The molecule has 0 unspecified atom stereocenters. The zero-order valence-electron chi connectivity index (χ0n) is 16.7. The summed E-state index contributed by atoms with van der Waals surface area (Å²) in [7, 11) is 1.53. The summed E-state index contributed by atoms with van der Waals surface area (Å²) < 4.78 is 59.6. The summed E-state index contributed by atoms with van der Waals surface area (Å²) in [6.07, 6.45) is -2.71. The molecule has 3 aromatic rings. The molecule has 0 saturated carbocycles. The van der Waals surface area contributed by atoms with E-state index in [1.54, 1.807) is 30.3 Å². The van der Waals surface area contributed by atoms with Gasteiger partial charge in [0.15, 0.2) is 0 Å². The Bertz CT molecular complexity index is 1160. The number of alkyl halides is 3. The molecule has 4 rings (SSSR count). The number of benzene rings is 2. The zero-order valence-corrected chi connectivity index (χ0v) is 17.5. The van der Waals surface area contributed by atoms with Crippen molar-refractivity contribution in [3.63, 3.8) is 0 Å². The molecule has 2 aromatic carbocycles. The van der Waals surface area contributed by atoms with Crippen LogP contribution in [0.1, 0.15) is 12.0 Å². The number of hydrogen-bond acceptors (Lipinski definition) is 6. The molecule has 0 fully saturated rings. The fourth-order valence-electron chi connectivity index (χ4n) is 3.11. The molecule has 32 heavy (non-hydrogen) atoms. The van der Waals surface area contributed by atoms with Gasteiger partial charge in [-0.15, -0.1) is 11.3 Å². The molecule has 1 aliphatic rings. The van der Waals surface area contributed by atoms with Crippen molar-refractivity contribution >= 4 is 28.3 Å². The quantitative estimate of drug-likeness (QED) is 0.509. The van der Waals surface area contributed by atoms with Crippen molar-refractivity contribution in [3.8, 4) is 17.0 Å². The molecule has 0 amide bonds. The number of rotatable bonds is 5. The lowest BCUT2D eigenvalue weighted by Crippen LogP contribution is -2.55. The van der Waals surface area contributed by atoms with Crippen molar-refractivity contribution in [1.82, 2.24) is 4.98 Å². The highest BCUT2D eigenvalue weighted by molar-refractivity contribution is 7.14. The number of aromatic nitrogens is 1. The molecular formula is C22H17F4N3O2S. The molecule has 0 spiro atoms. The van der Waals surface area contributed by atoms with Gasteiger partial charge in [0.2, 0.25) is 5.13 Å². The van der Waals surface area contributed by atoms with Crippen LogP contribution in [0.4, 0.5) is 22.7 Å². The Kier molecular flexibility index (Phi) is 5.74. The second-order valence-corrected chi connectivity index (χ2v) is 7.86. The van der Waals surface area contributed by atoms with E-state index in [2.05, 4.69) is 10.1 Å². The minimum Gasteiger partial charge on any atom is -0.497 e. The van der Waals surface area contributed by atoms with Crippen molar-refractivity contribution in [1.29, 1.82) is 0 Å². The molecule has 166 valence electrons. The van der Waals surface area contributed by atoms with Gasteiger partial charge in [-0.3, -0.25) is 0 Å². The van der Waals surface area contributed by atoms with Crippen LogP contribution >= 0.6 is 11.3 Å². The fourth-order valence-corrected chi connectivity index (χ4v) is 3.96. The molecule has 0 radical (unpaired) electrons. The Morgan fingerprint density at radius 2 is 1.78 bits per heavy atom. The van der Waals surface area contributed by atoms with Crippen LogP contribution in [0.5, 0.6) is 5.75 Å². The summed E-state index contributed by atoms with van der Waals surface area (Å²) in [5.41, 5.74) is -1.57. The first kappa shape index (κ1) is 22.0. The molecule has 1 aliphatic heterocycles. The lowest BCUT2D eigenvalue weighted by molar-refractivity contribution is -0.254. The number of halogens is 4. The predicted octanol–water partition coefficient (Wildman–Crippen LogP) is 5.49. The summed E-state index contributed by atoms with van der Waals surface area (Å²) in [6.45, 7) is 0. The monoisotopic (exact) mass is 463 g/mol. The second-order valence-electron chi connectivity index (χ2n) is 7.02. The highest BCUT2D eigenvalue weighted by Crippen LogP contribution is 2.44. The Morgan fingerprint density at radius 1 is 1.09 bits per heavy atom. The van der Waals surface area contributed by atoms with Gasteiger partial charge in [-0.2, -0.15) is 23.3 Å². The molecule has 2 heterocycles. The SMILES string of the molecule is COc1ccc(/C=C/C2=NN(c3nc(-c4ccc(F)cc4)cs3)[C@](O)(C(F)(F)F)C2)cc1. The number of anilines is 1. The normalized spacial score (nSPS) is 18.9. The number of methoxy groups -OCH3 is 1. The third-order valence-electron chi connectivity index (χ3n) is 4.86. The van der Waals surface area contributed by atoms with Crippen molar-refractivity contribution in [2.24, 2.45) is 5.10 Å². The largest absolute Gasteiger partial charge is 0.497 e. The van der Waals surface area contributed by atoms with Gasteiger partial charge in [0.25, 0.3) is 5.72 Å². The van der Waals surface area contributed by atoms with E-state index < -0.39 is 24.1 Å². The van der Waals surface area contributed by atoms with E-state index in [-0.39, 0.29) is 10.8 Å². The molecule has 0 saturated heterocycles. The molecule has 1 aromatic heterocycles. The standard InChI is InChI=1S/C22H17F4N3O2S/c1-31-18-10-3-14(4-11-18)2-9-17-12-21(30,22(24,25)26)29(28-17)20-27-19(13-32-20)15-5-7-16(23)8-6-15/h2-11,13,30H,12H2,1H3/b9-2+/t21-/m1/s1. The number of allylic oxidation sites excluding steroid dienone is 1. The molecule has 0 aliphatic carbocycles. The number of hydrogen-bond donors (Lipinski definition) is 1. The molecule has 0 bridgehead atoms. The predicted molar refractivity (Wildman–Crippen MR) is 115 cm³/mol. The average Bonchev–Trinajstić information content (AvgIpc) is 3.38. The highest BCUT2D eigenvalue weighted by Gasteiger charge is 2.62. The summed E-state index contributed by atoms with van der Waals surface area (Å²) in [5.74, 6) is 0.215. The zero-order chi connectivity index (χ0) is 22.9. The maximum Gasteiger partial charge on any atom is 0.438 e. The van der Waals surface area contributed by atoms with E-state index in [0.29, 0.717) is 22.0 Å². The van der Waals surface area contributed by atoms with E-state index in [9.17, 15) is 22.7 Å². The smallest absolute Gasteiger partial charge is 0.438 e. The fraction of sp³-hybridized carbons (Fsp3) is 0.182. The molecular weight excluding hydrogens is 446 g/mol. The summed E-state index contributed by atoms with van der Waals surface area (Å²) in [5, 5.41) is 16.4. The van der Waals surface area contributed by atoms with Crippen molar-refractivity contribution in [2.75, 3.05) is 12.1 Å². The Labute approximate surface area is 184 Å². The Balaban J connectivity index is 1.64. The Hall–Kier alpha value is -3.24. The van der Waals surface area contributed by atoms with Crippen LogP contribution in [0.25, 0.3) is 17.3 Å². The van der Waals surface area contributed by atoms with Crippen LogP contribution in [0.15, 0.2) is 65.1 Å². The van der Waals surface area contributed by atoms with Crippen LogP contribution in [0.3, 0.4) is 0 Å². The number of hydrazone groups is 1. The molecule has 5 nitrogen and oxygen atoms in total.